The minimum Gasteiger partial charge on any atom is -0.497 e. The first-order valence-corrected chi connectivity index (χ1v) is 7.38. The number of rotatable bonds is 4. The van der Waals surface area contributed by atoms with Crippen LogP contribution in [-0.4, -0.2) is 19.2 Å². The van der Waals surface area contributed by atoms with Crippen molar-refractivity contribution in [3.05, 3.63) is 29.8 Å². The monoisotopic (exact) mass is 261 g/mol. The highest BCUT2D eigenvalue weighted by Gasteiger charge is 2.29. The van der Waals surface area contributed by atoms with Gasteiger partial charge in [0.15, 0.2) is 0 Å². The van der Waals surface area contributed by atoms with Crippen LogP contribution < -0.4 is 10.1 Å². The van der Waals surface area contributed by atoms with E-state index in [9.17, 15) is 0 Å². The Morgan fingerprint density at radius 3 is 2.42 bits per heavy atom. The number of methoxy groups -OCH3 is 1. The molecule has 0 spiro atoms. The van der Waals surface area contributed by atoms with Gasteiger partial charge < -0.3 is 10.1 Å². The molecule has 0 aliphatic heterocycles. The van der Waals surface area contributed by atoms with Crippen molar-refractivity contribution in [2.75, 3.05) is 13.7 Å². The lowest BCUT2D eigenvalue weighted by atomic mass is 9.88. The molecule has 1 aliphatic carbocycles. The molecule has 2 heteroatoms. The lowest BCUT2D eigenvalue weighted by Gasteiger charge is -2.26. The first-order valence-electron chi connectivity index (χ1n) is 7.38. The first kappa shape index (κ1) is 14.4. The molecule has 0 aromatic heterocycles. The van der Waals surface area contributed by atoms with Crippen LogP contribution in [-0.2, 0) is 0 Å². The molecule has 2 nitrogen and oxygen atoms in total. The zero-order valence-electron chi connectivity index (χ0n) is 12.7. The molecule has 0 radical (unpaired) electrons. The van der Waals surface area contributed by atoms with E-state index in [-0.39, 0.29) is 5.54 Å². The number of nitrogens with one attached hydrogen (secondary N) is 1. The van der Waals surface area contributed by atoms with Crippen LogP contribution in [0.1, 0.15) is 51.5 Å². The molecule has 1 fully saturated rings. The van der Waals surface area contributed by atoms with Gasteiger partial charge >= 0.3 is 0 Å². The summed E-state index contributed by atoms with van der Waals surface area (Å²) in [5, 5.41) is 3.66. The van der Waals surface area contributed by atoms with Crippen LogP contribution in [0.3, 0.4) is 0 Å². The summed E-state index contributed by atoms with van der Waals surface area (Å²) in [5.74, 6) is 2.43. The van der Waals surface area contributed by atoms with Gasteiger partial charge in [0.25, 0.3) is 0 Å². The molecule has 1 saturated carbocycles. The van der Waals surface area contributed by atoms with Crippen LogP contribution in [0.15, 0.2) is 24.3 Å². The Labute approximate surface area is 117 Å². The van der Waals surface area contributed by atoms with Gasteiger partial charge in [-0.1, -0.05) is 18.6 Å². The SMILES string of the molecule is COc1ccc(C2CCCC2CNC(C)(C)C)cc1. The molecule has 0 amide bonds. The summed E-state index contributed by atoms with van der Waals surface area (Å²) in [6.45, 7) is 7.85. The molecule has 2 atom stereocenters. The topological polar surface area (TPSA) is 21.3 Å². The fourth-order valence-electron chi connectivity index (χ4n) is 3.01. The van der Waals surface area contributed by atoms with Crippen molar-refractivity contribution in [3.63, 3.8) is 0 Å². The second-order valence-electron chi connectivity index (χ2n) is 6.70. The van der Waals surface area contributed by atoms with E-state index in [0.29, 0.717) is 5.92 Å². The van der Waals surface area contributed by atoms with Crippen molar-refractivity contribution >= 4 is 0 Å². The summed E-state index contributed by atoms with van der Waals surface area (Å²) < 4.78 is 5.24. The third-order valence-corrected chi connectivity index (χ3v) is 4.10. The second-order valence-corrected chi connectivity index (χ2v) is 6.70. The molecule has 2 rings (SSSR count). The second kappa shape index (κ2) is 5.96. The van der Waals surface area contributed by atoms with Crippen LogP contribution in [0.5, 0.6) is 5.75 Å². The minimum atomic E-state index is 0.215. The van der Waals surface area contributed by atoms with E-state index in [2.05, 4.69) is 50.4 Å². The predicted molar refractivity (Wildman–Crippen MR) is 80.8 cm³/mol. The van der Waals surface area contributed by atoms with Gasteiger partial charge in [0.05, 0.1) is 7.11 Å². The summed E-state index contributed by atoms with van der Waals surface area (Å²) >= 11 is 0. The molecular weight excluding hydrogens is 234 g/mol. The van der Waals surface area contributed by atoms with Crippen molar-refractivity contribution in [2.45, 2.75) is 51.5 Å². The van der Waals surface area contributed by atoms with Gasteiger partial charge in [0.2, 0.25) is 0 Å². The molecule has 0 bridgehead atoms. The zero-order valence-corrected chi connectivity index (χ0v) is 12.7. The molecule has 1 aliphatic rings. The van der Waals surface area contributed by atoms with Crippen molar-refractivity contribution < 1.29 is 4.74 Å². The Balaban J connectivity index is 2.01. The Hall–Kier alpha value is -1.02. The van der Waals surface area contributed by atoms with Gasteiger partial charge in [-0.2, -0.15) is 0 Å². The van der Waals surface area contributed by atoms with Crippen LogP contribution in [0.2, 0.25) is 0 Å². The molecule has 19 heavy (non-hydrogen) atoms. The number of benzene rings is 1. The first-order chi connectivity index (χ1) is 8.99. The van der Waals surface area contributed by atoms with Gasteiger partial charge in [-0.3, -0.25) is 0 Å². The molecule has 1 aromatic rings. The van der Waals surface area contributed by atoms with E-state index in [1.807, 2.05) is 0 Å². The van der Waals surface area contributed by atoms with Crippen molar-refractivity contribution in [1.29, 1.82) is 0 Å². The Morgan fingerprint density at radius 2 is 1.84 bits per heavy atom. The van der Waals surface area contributed by atoms with Gasteiger partial charge in [-0.05, 0) is 69.7 Å². The molecule has 2 unspecified atom stereocenters. The minimum absolute atomic E-state index is 0.215. The molecule has 0 heterocycles. The smallest absolute Gasteiger partial charge is 0.118 e. The predicted octanol–water partition coefficient (Wildman–Crippen LogP) is 3.97. The summed E-state index contributed by atoms with van der Waals surface area (Å²) in [7, 11) is 1.72. The lowest BCUT2D eigenvalue weighted by Crippen LogP contribution is -2.39. The van der Waals surface area contributed by atoms with Crippen LogP contribution in [0.4, 0.5) is 0 Å². The average molecular weight is 261 g/mol. The maximum atomic E-state index is 5.24. The van der Waals surface area contributed by atoms with Crippen LogP contribution in [0.25, 0.3) is 0 Å². The van der Waals surface area contributed by atoms with E-state index < -0.39 is 0 Å². The van der Waals surface area contributed by atoms with E-state index in [1.54, 1.807) is 7.11 Å². The van der Waals surface area contributed by atoms with E-state index in [4.69, 9.17) is 4.74 Å². The quantitative estimate of drug-likeness (QED) is 0.885. The standard InChI is InChI=1S/C17H27NO/c1-17(2,3)18-12-14-6-5-7-16(14)13-8-10-15(19-4)11-9-13/h8-11,14,16,18H,5-7,12H2,1-4H3. The fourth-order valence-corrected chi connectivity index (χ4v) is 3.01. The Morgan fingerprint density at radius 1 is 1.16 bits per heavy atom. The highest BCUT2D eigenvalue weighted by molar-refractivity contribution is 5.30. The molecular formula is C17H27NO. The average Bonchev–Trinajstić information content (AvgIpc) is 2.84. The lowest BCUT2D eigenvalue weighted by molar-refractivity contribution is 0.356. The van der Waals surface area contributed by atoms with Crippen molar-refractivity contribution in [2.24, 2.45) is 5.92 Å². The van der Waals surface area contributed by atoms with Gasteiger partial charge in [-0.15, -0.1) is 0 Å². The fraction of sp³-hybridized carbons (Fsp3) is 0.647. The molecule has 1 N–H and O–H groups in total. The maximum absolute atomic E-state index is 5.24. The molecule has 1 aromatic carbocycles. The molecule has 106 valence electrons. The maximum Gasteiger partial charge on any atom is 0.118 e. The number of ether oxygens (including phenoxy) is 1. The van der Waals surface area contributed by atoms with E-state index in [1.165, 1.54) is 24.8 Å². The largest absolute Gasteiger partial charge is 0.497 e. The van der Waals surface area contributed by atoms with E-state index >= 15 is 0 Å². The normalized spacial score (nSPS) is 23.6. The third kappa shape index (κ3) is 3.97. The van der Waals surface area contributed by atoms with Gasteiger partial charge in [-0.25, -0.2) is 0 Å². The van der Waals surface area contributed by atoms with Crippen molar-refractivity contribution in [1.82, 2.24) is 5.32 Å². The van der Waals surface area contributed by atoms with Crippen LogP contribution in [0, 0.1) is 5.92 Å². The highest BCUT2D eigenvalue weighted by Crippen LogP contribution is 2.39. The van der Waals surface area contributed by atoms with Crippen molar-refractivity contribution in [3.8, 4) is 5.75 Å². The highest BCUT2D eigenvalue weighted by atomic mass is 16.5. The van der Waals surface area contributed by atoms with Gasteiger partial charge in [0, 0.05) is 5.54 Å². The van der Waals surface area contributed by atoms with Crippen LogP contribution >= 0.6 is 0 Å². The zero-order chi connectivity index (χ0) is 13.9. The Kier molecular flexibility index (Phi) is 4.51. The number of hydrogen-bond donors (Lipinski definition) is 1. The summed E-state index contributed by atoms with van der Waals surface area (Å²) in [4.78, 5) is 0. The molecule has 0 saturated heterocycles. The third-order valence-electron chi connectivity index (χ3n) is 4.10. The summed E-state index contributed by atoms with van der Waals surface area (Å²) in [6.07, 6.45) is 4.02. The Bertz CT molecular complexity index is 391. The summed E-state index contributed by atoms with van der Waals surface area (Å²) in [5.41, 5.74) is 1.69. The number of hydrogen-bond acceptors (Lipinski definition) is 2. The summed E-state index contributed by atoms with van der Waals surface area (Å²) in [6, 6.07) is 8.64. The van der Waals surface area contributed by atoms with E-state index in [0.717, 1.165) is 18.2 Å². The van der Waals surface area contributed by atoms with Gasteiger partial charge in [0.1, 0.15) is 5.75 Å².